The molecule has 0 aliphatic carbocycles. The van der Waals surface area contributed by atoms with Gasteiger partial charge in [-0.25, -0.2) is 4.79 Å². The smallest absolute Gasteiger partial charge is 0.351 e. The quantitative estimate of drug-likeness (QED) is 0.327. The average Bonchev–Trinajstić information content (AvgIpc) is 2.46. The van der Waals surface area contributed by atoms with E-state index < -0.39 is 49.5 Å². The zero-order valence-electron chi connectivity index (χ0n) is 11.0. The first-order chi connectivity index (χ1) is 9.90. The van der Waals surface area contributed by atoms with E-state index in [-0.39, 0.29) is 11.4 Å². The molecular formula is C11H18N4O6. The van der Waals surface area contributed by atoms with E-state index in [4.69, 9.17) is 26.4 Å². The van der Waals surface area contributed by atoms with Crippen molar-refractivity contribution in [3.8, 4) is 0 Å². The molecule has 118 valence electrons. The van der Waals surface area contributed by atoms with Crippen LogP contribution in [0.25, 0.3) is 0 Å². The molecule has 2 rings (SSSR count). The molecule has 1 unspecified atom stereocenters. The zero-order valence-corrected chi connectivity index (χ0v) is 11.0. The summed E-state index contributed by atoms with van der Waals surface area (Å²) in [5.41, 5.74) is 10.6. The molecule has 1 fully saturated rings. The fourth-order valence-electron chi connectivity index (χ4n) is 2.19. The molecule has 1 saturated heterocycles. The second kappa shape index (κ2) is 6.05. The molecule has 0 amide bonds. The number of hydrogen-bond acceptors (Lipinski definition) is 9. The molecular weight excluding hydrogens is 284 g/mol. The number of aliphatic hydroxyl groups is 4. The van der Waals surface area contributed by atoms with Gasteiger partial charge in [0.15, 0.2) is 6.23 Å². The Labute approximate surface area is 119 Å². The Morgan fingerprint density at radius 3 is 2.57 bits per heavy atom. The van der Waals surface area contributed by atoms with E-state index in [1.165, 1.54) is 6.20 Å². The Bertz CT molecular complexity index is 562. The minimum Gasteiger partial charge on any atom is -0.394 e. The van der Waals surface area contributed by atoms with Crippen LogP contribution in [0.2, 0.25) is 0 Å². The van der Waals surface area contributed by atoms with Crippen molar-refractivity contribution in [3.05, 3.63) is 22.2 Å². The van der Waals surface area contributed by atoms with Crippen molar-refractivity contribution in [2.75, 3.05) is 12.3 Å². The molecule has 10 nitrogen and oxygen atoms in total. The van der Waals surface area contributed by atoms with Crippen LogP contribution in [0.1, 0.15) is 11.8 Å². The number of nitrogens with zero attached hydrogens (tertiary/aromatic N) is 2. The molecule has 10 heteroatoms. The van der Waals surface area contributed by atoms with Crippen LogP contribution in [-0.2, 0) is 11.3 Å². The fraction of sp³-hybridized carbons (Fsp3) is 0.636. The summed E-state index contributed by atoms with van der Waals surface area (Å²) >= 11 is 0. The van der Waals surface area contributed by atoms with Gasteiger partial charge in [0.2, 0.25) is 0 Å². The SMILES string of the molecule is Nc1nc(=O)n(C2O[C@H](CO)[C@@H](O)[C@H](O)[C@H]2N)cc1CO. The maximum Gasteiger partial charge on any atom is 0.351 e. The normalized spacial score (nSPS) is 33.1. The summed E-state index contributed by atoms with van der Waals surface area (Å²) in [5, 5.41) is 37.9. The Kier molecular flexibility index (Phi) is 4.56. The molecule has 8 N–H and O–H groups in total. The van der Waals surface area contributed by atoms with Crippen LogP contribution in [0, 0.1) is 0 Å². The maximum atomic E-state index is 11.9. The van der Waals surface area contributed by atoms with E-state index in [0.29, 0.717) is 0 Å². The molecule has 1 aromatic rings. The first kappa shape index (κ1) is 15.8. The topological polar surface area (TPSA) is 177 Å². The van der Waals surface area contributed by atoms with Crippen LogP contribution >= 0.6 is 0 Å². The van der Waals surface area contributed by atoms with Gasteiger partial charge in [0.1, 0.15) is 24.1 Å². The zero-order chi connectivity index (χ0) is 15.7. The third kappa shape index (κ3) is 2.77. The number of aromatic nitrogens is 2. The number of hydrogen-bond donors (Lipinski definition) is 6. The number of ether oxygens (including phenoxy) is 1. The van der Waals surface area contributed by atoms with E-state index in [2.05, 4.69) is 4.98 Å². The molecule has 0 saturated carbocycles. The van der Waals surface area contributed by atoms with Crippen molar-refractivity contribution in [1.29, 1.82) is 0 Å². The third-order valence-corrected chi connectivity index (χ3v) is 3.45. The Morgan fingerprint density at radius 2 is 2.00 bits per heavy atom. The van der Waals surface area contributed by atoms with Crippen molar-refractivity contribution in [3.63, 3.8) is 0 Å². The lowest BCUT2D eigenvalue weighted by Crippen LogP contribution is -2.60. The molecule has 0 spiro atoms. The predicted molar refractivity (Wildman–Crippen MR) is 69.8 cm³/mol. The van der Waals surface area contributed by atoms with E-state index in [0.717, 1.165) is 4.57 Å². The highest BCUT2D eigenvalue weighted by Crippen LogP contribution is 2.26. The Morgan fingerprint density at radius 1 is 1.33 bits per heavy atom. The minimum absolute atomic E-state index is 0.123. The van der Waals surface area contributed by atoms with Gasteiger partial charge in [-0.05, 0) is 0 Å². The average molecular weight is 302 g/mol. The summed E-state index contributed by atoms with van der Waals surface area (Å²) in [6.45, 7) is -1.01. The van der Waals surface area contributed by atoms with Crippen LogP contribution < -0.4 is 17.2 Å². The van der Waals surface area contributed by atoms with E-state index in [1.807, 2.05) is 0 Å². The summed E-state index contributed by atoms with van der Waals surface area (Å²) in [6.07, 6.45) is -3.83. The van der Waals surface area contributed by atoms with Crippen LogP contribution in [0.5, 0.6) is 0 Å². The van der Waals surface area contributed by atoms with Crippen LogP contribution in [-0.4, -0.2) is 60.9 Å². The molecule has 0 bridgehead atoms. The van der Waals surface area contributed by atoms with E-state index >= 15 is 0 Å². The predicted octanol–water partition coefficient (Wildman–Crippen LogP) is -3.74. The lowest BCUT2D eigenvalue weighted by molar-refractivity contribution is -0.211. The van der Waals surface area contributed by atoms with Gasteiger partial charge in [0, 0.05) is 11.8 Å². The summed E-state index contributed by atoms with van der Waals surface area (Å²) in [4.78, 5) is 15.4. The molecule has 0 radical (unpaired) electrons. The molecule has 5 atom stereocenters. The number of nitrogen functional groups attached to an aromatic ring is 1. The minimum atomic E-state index is -1.40. The van der Waals surface area contributed by atoms with Crippen molar-refractivity contribution in [2.24, 2.45) is 5.73 Å². The summed E-state index contributed by atoms with van der Waals surface area (Å²) in [6, 6.07) is -1.13. The van der Waals surface area contributed by atoms with Crippen molar-refractivity contribution >= 4 is 5.82 Å². The summed E-state index contributed by atoms with van der Waals surface area (Å²) in [5.74, 6) is -0.123. The standard InChI is InChI=1S/C11H18N4O6/c12-6-8(19)7(18)5(3-17)21-10(6)15-1-4(2-16)9(13)14-11(15)20/h1,5-8,10,16-19H,2-3,12H2,(H2,13,14,20)/t5-,6-,7-,8-,10?/m1/s1. The van der Waals surface area contributed by atoms with E-state index in [1.54, 1.807) is 0 Å². The van der Waals surface area contributed by atoms with Gasteiger partial charge in [0.05, 0.1) is 19.3 Å². The number of anilines is 1. The molecule has 1 aliphatic rings. The molecule has 21 heavy (non-hydrogen) atoms. The van der Waals surface area contributed by atoms with Gasteiger partial charge in [0.25, 0.3) is 0 Å². The second-order valence-corrected chi connectivity index (χ2v) is 4.81. The highest BCUT2D eigenvalue weighted by Gasteiger charge is 2.43. The summed E-state index contributed by atoms with van der Waals surface area (Å²) < 4.78 is 6.31. The van der Waals surface area contributed by atoms with Gasteiger partial charge in [-0.15, -0.1) is 0 Å². The molecule has 0 aromatic carbocycles. The summed E-state index contributed by atoms with van der Waals surface area (Å²) in [7, 11) is 0. The Balaban J connectivity index is 2.43. The lowest BCUT2D eigenvalue weighted by atomic mass is 9.96. The van der Waals surface area contributed by atoms with Crippen molar-refractivity contribution in [2.45, 2.75) is 37.2 Å². The highest BCUT2D eigenvalue weighted by atomic mass is 16.5. The number of aliphatic hydroxyl groups excluding tert-OH is 4. The molecule has 1 aromatic heterocycles. The first-order valence-corrected chi connectivity index (χ1v) is 6.27. The van der Waals surface area contributed by atoms with Gasteiger partial charge in [-0.2, -0.15) is 4.98 Å². The van der Waals surface area contributed by atoms with Crippen LogP contribution in [0.4, 0.5) is 5.82 Å². The third-order valence-electron chi connectivity index (χ3n) is 3.45. The molecule has 1 aliphatic heterocycles. The van der Waals surface area contributed by atoms with Crippen LogP contribution in [0.3, 0.4) is 0 Å². The first-order valence-electron chi connectivity index (χ1n) is 6.27. The second-order valence-electron chi connectivity index (χ2n) is 4.81. The van der Waals surface area contributed by atoms with Gasteiger partial charge in [-0.3, -0.25) is 4.57 Å². The maximum absolute atomic E-state index is 11.9. The Hall–Kier alpha value is -1.56. The largest absolute Gasteiger partial charge is 0.394 e. The monoisotopic (exact) mass is 302 g/mol. The molecule has 2 heterocycles. The number of rotatable bonds is 3. The van der Waals surface area contributed by atoms with Gasteiger partial charge in [-0.1, -0.05) is 0 Å². The number of nitrogens with two attached hydrogens (primary N) is 2. The van der Waals surface area contributed by atoms with Crippen molar-refractivity contribution in [1.82, 2.24) is 9.55 Å². The van der Waals surface area contributed by atoms with Crippen molar-refractivity contribution < 1.29 is 25.2 Å². The van der Waals surface area contributed by atoms with E-state index in [9.17, 15) is 15.0 Å². The highest BCUT2D eigenvalue weighted by molar-refractivity contribution is 5.36. The van der Waals surface area contributed by atoms with Crippen LogP contribution in [0.15, 0.2) is 11.0 Å². The lowest BCUT2D eigenvalue weighted by Gasteiger charge is -2.41. The fourth-order valence-corrected chi connectivity index (χ4v) is 2.19. The van der Waals surface area contributed by atoms with Gasteiger partial charge < -0.3 is 36.6 Å². The van der Waals surface area contributed by atoms with Gasteiger partial charge >= 0.3 is 5.69 Å².